The van der Waals surface area contributed by atoms with E-state index >= 15 is 0 Å². The van der Waals surface area contributed by atoms with Crippen LogP contribution >= 0.6 is 0 Å². The van der Waals surface area contributed by atoms with Gasteiger partial charge in [-0.25, -0.2) is 13.4 Å². The molecule has 24 heavy (non-hydrogen) atoms. The summed E-state index contributed by atoms with van der Waals surface area (Å²) in [6.45, 7) is 6.00. The number of nitrogens with one attached hydrogen (secondary N) is 1. The third-order valence-corrected chi connectivity index (χ3v) is 6.53. The molecule has 1 amide bonds. The van der Waals surface area contributed by atoms with E-state index in [1.54, 1.807) is 19.2 Å². The normalized spacial score (nSPS) is 16.4. The fraction of sp³-hybridized carbons (Fsp3) is 0.625. The van der Waals surface area contributed by atoms with Crippen LogP contribution in [0.5, 0.6) is 0 Å². The van der Waals surface area contributed by atoms with Gasteiger partial charge in [-0.15, -0.1) is 0 Å². The SMILES string of the molecule is CCN(CC)S(=O)(=O)c1ccc(N2CCC(C(=O)NC)CC2)nc1. The number of aromatic nitrogens is 1. The van der Waals surface area contributed by atoms with Gasteiger partial charge in [0.15, 0.2) is 0 Å². The molecular weight excluding hydrogens is 328 g/mol. The average Bonchev–Trinajstić information content (AvgIpc) is 2.62. The summed E-state index contributed by atoms with van der Waals surface area (Å²) >= 11 is 0. The van der Waals surface area contributed by atoms with Crippen molar-refractivity contribution in [3.63, 3.8) is 0 Å². The first kappa shape index (κ1) is 18.7. The maximum atomic E-state index is 12.5. The quantitative estimate of drug-likeness (QED) is 0.826. The fourth-order valence-corrected chi connectivity index (χ4v) is 4.40. The zero-order chi connectivity index (χ0) is 17.7. The van der Waals surface area contributed by atoms with Gasteiger partial charge in [0.1, 0.15) is 10.7 Å². The third-order valence-electron chi connectivity index (χ3n) is 4.50. The summed E-state index contributed by atoms with van der Waals surface area (Å²) in [7, 11) is -1.81. The number of hydrogen-bond donors (Lipinski definition) is 1. The second-order valence-electron chi connectivity index (χ2n) is 5.82. The number of sulfonamides is 1. The van der Waals surface area contributed by atoms with Crippen LogP contribution in [0.4, 0.5) is 5.82 Å². The predicted molar refractivity (Wildman–Crippen MR) is 93.3 cm³/mol. The molecule has 1 aliphatic heterocycles. The van der Waals surface area contributed by atoms with E-state index in [4.69, 9.17) is 0 Å². The van der Waals surface area contributed by atoms with Gasteiger partial charge in [0.05, 0.1) is 0 Å². The molecule has 1 N–H and O–H groups in total. The Morgan fingerprint density at radius 3 is 2.38 bits per heavy atom. The highest BCUT2D eigenvalue weighted by molar-refractivity contribution is 7.89. The van der Waals surface area contributed by atoms with E-state index in [0.717, 1.165) is 31.7 Å². The number of carbonyl (C=O) groups excluding carboxylic acids is 1. The Labute approximate surface area is 144 Å². The molecule has 134 valence electrons. The predicted octanol–water partition coefficient (Wildman–Crippen LogP) is 1.07. The van der Waals surface area contributed by atoms with Crippen molar-refractivity contribution < 1.29 is 13.2 Å². The van der Waals surface area contributed by atoms with E-state index in [9.17, 15) is 13.2 Å². The highest BCUT2D eigenvalue weighted by Gasteiger charge is 2.26. The number of amides is 1. The zero-order valence-corrected chi connectivity index (χ0v) is 15.3. The van der Waals surface area contributed by atoms with Crippen LogP contribution in [-0.2, 0) is 14.8 Å². The maximum Gasteiger partial charge on any atom is 0.244 e. The van der Waals surface area contributed by atoms with Gasteiger partial charge in [-0.1, -0.05) is 13.8 Å². The van der Waals surface area contributed by atoms with Gasteiger partial charge in [0.2, 0.25) is 15.9 Å². The summed E-state index contributed by atoms with van der Waals surface area (Å²) in [5.74, 6) is 0.890. The molecule has 0 aromatic carbocycles. The summed E-state index contributed by atoms with van der Waals surface area (Å²) in [5.41, 5.74) is 0. The fourth-order valence-electron chi connectivity index (χ4n) is 3.00. The molecule has 1 aliphatic rings. The molecular formula is C16H26N4O3S. The minimum atomic E-state index is -3.47. The Morgan fingerprint density at radius 2 is 1.92 bits per heavy atom. The number of hydrogen-bond acceptors (Lipinski definition) is 5. The highest BCUT2D eigenvalue weighted by Crippen LogP contribution is 2.23. The highest BCUT2D eigenvalue weighted by atomic mass is 32.2. The zero-order valence-electron chi connectivity index (χ0n) is 14.5. The van der Waals surface area contributed by atoms with Gasteiger partial charge < -0.3 is 10.2 Å². The van der Waals surface area contributed by atoms with Crippen LogP contribution in [-0.4, -0.2) is 56.8 Å². The summed E-state index contributed by atoms with van der Waals surface area (Å²) in [5, 5.41) is 2.69. The van der Waals surface area contributed by atoms with Crippen molar-refractivity contribution in [1.82, 2.24) is 14.6 Å². The van der Waals surface area contributed by atoms with Crippen LogP contribution in [0.3, 0.4) is 0 Å². The maximum absolute atomic E-state index is 12.5. The standard InChI is InChI=1S/C16H26N4O3S/c1-4-20(5-2)24(22,23)14-6-7-15(18-12-14)19-10-8-13(9-11-19)16(21)17-3/h6-7,12-13H,4-5,8-11H2,1-3H3,(H,17,21). The van der Waals surface area contributed by atoms with Crippen molar-refractivity contribution in [3.8, 4) is 0 Å². The van der Waals surface area contributed by atoms with E-state index in [-0.39, 0.29) is 16.7 Å². The summed E-state index contributed by atoms with van der Waals surface area (Å²) in [6.07, 6.45) is 2.98. The first-order chi connectivity index (χ1) is 11.4. The first-order valence-corrected chi connectivity index (χ1v) is 9.80. The molecule has 1 aromatic heterocycles. The minimum absolute atomic E-state index is 0.0496. The largest absolute Gasteiger partial charge is 0.359 e. The molecule has 0 unspecified atom stereocenters. The Kier molecular flexibility index (Phi) is 6.17. The molecule has 0 radical (unpaired) electrons. The molecule has 0 aliphatic carbocycles. The Hall–Kier alpha value is -1.67. The van der Waals surface area contributed by atoms with Crippen LogP contribution in [0.25, 0.3) is 0 Å². The van der Waals surface area contributed by atoms with E-state index in [1.807, 2.05) is 13.8 Å². The molecule has 8 heteroatoms. The first-order valence-electron chi connectivity index (χ1n) is 8.36. The lowest BCUT2D eigenvalue weighted by molar-refractivity contribution is -0.125. The lowest BCUT2D eigenvalue weighted by Crippen LogP contribution is -2.40. The van der Waals surface area contributed by atoms with Crippen molar-refractivity contribution in [1.29, 1.82) is 0 Å². The Bertz CT molecular complexity index is 648. The molecule has 0 bridgehead atoms. The van der Waals surface area contributed by atoms with Crippen molar-refractivity contribution in [2.45, 2.75) is 31.6 Å². The number of rotatable bonds is 6. The summed E-state index contributed by atoms with van der Waals surface area (Å²) in [6, 6.07) is 3.36. The molecule has 7 nitrogen and oxygen atoms in total. The number of anilines is 1. The van der Waals surface area contributed by atoms with Gasteiger partial charge in [-0.05, 0) is 25.0 Å². The van der Waals surface area contributed by atoms with Crippen LogP contribution in [0.2, 0.25) is 0 Å². The Balaban J connectivity index is 2.07. The van der Waals surface area contributed by atoms with Crippen LogP contribution in [0, 0.1) is 5.92 Å². The van der Waals surface area contributed by atoms with Crippen molar-refractivity contribution in [2.75, 3.05) is 38.1 Å². The summed E-state index contributed by atoms with van der Waals surface area (Å²) in [4.78, 5) is 18.3. The third kappa shape index (κ3) is 3.87. The second-order valence-corrected chi connectivity index (χ2v) is 7.75. The lowest BCUT2D eigenvalue weighted by atomic mass is 9.96. The molecule has 0 spiro atoms. The van der Waals surface area contributed by atoms with Crippen LogP contribution in [0.1, 0.15) is 26.7 Å². The van der Waals surface area contributed by atoms with Crippen molar-refractivity contribution >= 4 is 21.7 Å². The average molecular weight is 354 g/mol. The van der Waals surface area contributed by atoms with Gasteiger partial charge in [-0.2, -0.15) is 4.31 Å². The van der Waals surface area contributed by atoms with Crippen LogP contribution in [0.15, 0.2) is 23.2 Å². The molecule has 1 fully saturated rings. The number of piperidine rings is 1. The van der Waals surface area contributed by atoms with Gasteiger partial charge in [0.25, 0.3) is 0 Å². The monoisotopic (exact) mass is 354 g/mol. The van der Waals surface area contributed by atoms with Gasteiger partial charge in [-0.3, -0.25) is 4.79 Å². The summed E-state index contributed by atoms with van der Waals surface area (Å²) < 4.78 is 26.3. The van der Waals surface area contributed by atoms with Crippen LogP contribution < -0.4 is 10.2 Å². The second kappa shape index (κ2) is 7.94. The Morgan fingerprint density at radius 1 is 1.29 bits per heavy atom. The molecule has 2 rings (SSSR count). The number of nitrogens with zero attached hydrogens (tertiary/aromatic N) is 3. The number of pyridine rings is 1. The number of carbonyl (C=O) groups is 1. The van der Waals surface area contributed by atoms with Crippen molar-refractivity contribution in [2.24, 2.45) is 5.92 Å². The topological polar surface area (TPSA) is 82.6 Å². The molecule has 1 aromatic rings. The molecule has 0 saturated carbocycles. The lowest BCUT2D eigenvalue weighted by Gasteiger charge is -2.32. The van der Waals surface area contributed by atoms with E-state index in [1.165, 1.54) is 10.5 Å². The van der Waals surface area contributed by atoms with Gasteiger partial charge in [0, 0.05) is 45.3 Å². The van der Waals surface area contributed by atoms with Gasteiger partial charge >= 0.3 is 0 Å². The molecule has 0 atom stereocenters. The van der Waals surface area contributed by atoms with Crippen molar-refractivity contribution in [3.05, 3.63) is 18.3 Å². The molecule has 2 heterocycles. The smallest absolute Gasteiger partial charge is 0.244 e. The van der Waals surface area contributed by atoms with E-state index in [0.29, 0.717) is 13.1 Å². The molecule has 1 saturated heterocycles. The minimum Gasteiger partial charge on any atom is -0.359 e. The van der Waals surface area contributed by atoms with E-state index < -0.39 is 10.0 Å². The van der Waals surface area contributed by atoms with E-state index in [2.05, 4.69) is 15.2 Å².